The van der Waals surface area contributed by atoms with Crippen LogP contribution in [0.15, 0.2) is 41.3 Å². The van der Waals surface area contributed by atoms with Crippen molar-refractivity contribution in [2.45, 2.75) is 44.2 Å². The molecule has 0 N–H and O–H groups in total. The normalized spacial score (nSPS) is 24.2. The van der Waals surface area contributed by atoms with Crippen LogP contribution in [0.2, 0.25) is 0 Å². The van der Waals surface area contributed by atoms with E-state index >= 15 is 0 Å². The molecule has 0 saturated heterocycles. The first-order valence-corrected chi connectivity index (χ1v) is 11.0. The quantitative estimate of drug-likeness (QED) is 0.771. The zero-order valence-electron chi connectivity index (χ0n) is 16.7. The molecular weight excluding hydrogens is 376 g/mol. The molecule has 150 valence electrons. The number of likely N-dealkylation sites (N-methyl/N-ethyl adjacent to an activating group) is 1. The first-order valence-electron chi connectivity index (χ1n) is 9.61. The Hall–Kier alpha value is -2.12. The van der Waals surface area contributed by atoms with Gasteiger partial charge in [0.15, 0.2) is 0 Å². The van der Waals surface area contributed by atoms with Gasteiger partial charge in [0.05, 0.1) is 16.7 Å². The van der Waals surface area contributed by atoms with Gasteiger partial charge in [0.2, 0.25) is 5.91 Å². The van der Waals surface area contributed by atoms with Gasteiger partial charge in [-0.15, -0.1) is 0 Å². The number of ether oxygens (including phenoxy) is 1. The average molecular weight is 403 g/mol. The molecule has 2 aromatic rings. The Morgan fingerprint density at radius 1 is 1.25 bits per heavy atom. The molecule has 2 aromatic carbocycles. The Kier molecular flexibility index (Phi) is 4.43. The molecule has 28 heavy (non-hydrogen) atoms. The molecule has 1 amide bonds. The van der Waals surface area contributed by atoms with Crippen LogP contribution in [0.4, 0.5) is 5.69 Å². The second-order valence-electron chi connectivity index (χ2n) is 8.16. The summed E-state index contributed by atoms with van der Waals surface area (Å²) in [4.78, 5) is 15.0. The Labute approximate surface area is 166 Å². The number of benzene rings is 2. The second-order valence-corrected chi connectivity index (χ2v) is 10.00. The van der Waals surface area contributed by atoms with E-state index in [0.29, 0.717) is 17.7 Å². The van der Waals surface area contributed by atoms with Gasteiger partial charge in [-0.05, 0) is 30.9 Å². The van der Waals surface area contributed by atoms with Crippen LogP contribution >= 0.6 is 0 Å². The lowest BCUT2D eigenvalue weighted by Gasteiger charge is -2.54. The zero-order chi connectivity index (χ0) is 20.3. The smallest absolute Gasteiger partial charge is 0.265 e. The van der Waals surface area contributed by atoms with Gasteiger partial charge in [-0.25, -0.2) is 8.42 Å². The highest BCUT2D eigenvalue weighted by molar-refractivity contribution is 7.93. The minimum Gasteiger partial charge on any atom is -0.378 e. The number of hydrogen-bond acceptors (Lipinski definition) is 4. The van der Waals surface area contributed by atoms with Crippen molar-refractivity contribution < 1.29 is 17.9 Å². The summed E-state index contributed by atoms with van der Waals surface area (Å²) in [5, 5.41) is 1.56. The number of rotatable bonds is 5. The predicted molar refractivity (Wildman–Crippen MR) is 109 cm³/mol. The van der Waals surface area contributed by atoms with E-state index in [2.05, 4.69) is 13.8 Å². The third kappa shape index (κ3) is 2.63. The van der Waals surface area contributed by atoms with Gasteiger partial charge in [0.1, 0.15) is 6.54 Å². The molecule has 2 atom stereocenters. The Bertz CT molecular complexity index is 1040. The molecule has 2 unspecified atom stereocenters. The van der Waals surface area contributed by atoms with Crippen molar-refractivity contribution >= 4 is 32.4 Å². The first kappa shape index (κ1) is 19.2. The van der Waals surface area contributed by atoms with E-state index in [0.717, 1.165) is 11.8 Å². The molecular formula is C21H26N2O4S. The minimum absolute atomic E-state index is 0.0278. The van der Waals surface area contributed by atoms with Crippen LogP contribution in [0.25, 0.3) is 10.8 Å². The number of hydrogen-bond donors (Lipinski definition) is 0. The van der Waals surface area contributed by atoms with Gasteiger partial charge in [-0.3, -0.25) is 9.10 Å². The topological polar surface area (TPSA) is 66.9 Å². The summed E-state index contributed by atoms with van der Waals surface area (Å²) in [6, 6.07) is 10.7. The van der Waals surface area contributed by atoms with Gasteiger partial charge >= 0.3 is 0 Å². The molecule has 1 heterocycles. The van der Waals surface area contributed by atoms with Crippen molar-refractivity contribution in [3.05, 3.63) is 36.4 Å². The lowest BCUT2D eigenvalue weighted by atomic mass is 9.64. The largest absolute Gasteiger partial charge is 0.378 e. The molecule has 7 heteroatoms. The van der Waals surface area contributed by atoms with E-state index in [4.69, 9.17) is 4.74 Å². The van der Waals surface area contributed by atoms with Crippen LogP contribution in [0, 0.1) is 5.41 Å². The summed E-state index contributed by atoms with van der Waals surface area (Å²) in [6.45, 7) is 6.60. The number of amides is 1. The van der Waals surface area contributed by atoms with E-state index in [1.807, 2.05) is 25.1 Å². The lowest BCUT2D eigenvalue weighted by Crippen LogP contribution is -2.63. The van der Waals surface area contributed by atoms with E-state index < -0.39 is 10.0 Å². The maximum atomic E-state index is 13.1. The molecule has 2 aliphatic rings. The second kappa shape index (κ2) is 6.46. The van der Waals surface area contributed by atoms with E-state index in [1.165, 1.54) is 4.31 Å². The highest BCUT2D eigenvalue weighted by atomic mass is 32.2. The first-order chi connectivity index (χ1) is 13.2. The monoisotopic (exact) mass is 402 g/mol. The summed E-state index contributed by atoms with van der Waals surface area (Å²) in [6.07, 6.45) is 0.886. The van der Waals surface area contributed by atoms with Crippen LogP contribution in [0.5, 0.6) is 0 Å². The minimum atomic E-state index is -3.73. The molecule has 0 spiro atoms. The standard InChI is InChI=1S/C21H26N2O4S/c1-5-27-18-12-17(21(18,2)3)22(4)19(24)13-23-15-10-6-8-14-9-7-11-16(20(14)15)28(23,25)26/h6-11,17-18H,5,12-13H2,1-4H3. The van der Waals surface area contributed by atoms with Crippen LogP contribution in [-0.4, -0.2) is 51.6 Å². The molecule has 6 nitrogen and oxygen atoms in total. The number of carbonyl (C=O) groups excluding carboxylic acids is 1. The Balaban J connectivity index is 1.59. The Morgan fingerprint density at radius 3 is 2.57 bits per heavy atom. The summed E-state index contributed by atoms with van der Waals surface area (Å²) in [7, 11) is -1.97. The molecule has 1 fully saturated rings. The van der Waals surface area contributed by atoms with Crippen molar-refractivity contribution in [3.63, 3.8) is 0 Å². The van der Waals surface area contributed by atoms with Crippen molar-refractivity contribution in [2.75, 3.05) is 24.5 Å². The van der Waals surface area contributed by atoms with E-state index in [-0.39, 0.29) is 34.9 Å². The van der Waals surface area contributed by atoms with Crippen LogP contribution < -0.4 is 4.31 Å². The summed E-state index contributed by atoms with van der Waals surface area (Å²) < 4.78 is 33.2. The van der Waals surface area contributed by atoms with Gasteiger partial charge in [0, 0.05) is 30.5 Å². The summed E-state index contributed by atoms with van der Waals surface area (Å²) in [5.74, 6) is -0.207. The maximum absolute atomic E-state index is 13.1. The van der Waals surface area contributed by atoms with Crippen molar-refractivity contribution in [1.82, 2.24) is 4.90 Å². The van der Waals surface area contributed by atoms with Crippen LogP contribution in [-0.2, 0) is 19.6 Å². The van der Waals surface area contributed by atoms with Gasteiger partial charge in [-0.2, -0.15) is 0 Å². The molecule has 1 aliphatic heterocycles. The van der Waals surface area contributed by atoms with Crippen molar-refractivity contribution in [1.29, 1.82) is 0 Å². The maximum Gasteiger partial charge on any atom is 0.265 e. The molecule has 4 rings (SSSR count). The highest BCUT2D eigenvalue weighted by Crippen LogP contribution is 2.46. The lowest BCUT2D eigenvalue weighted by molar-refractivity contribution is -0.162. The summed E-state index contributed by atoms with van der Waals surface area (Å²) >= 11 is 0. The van der Waals surface area contributed by atoms with Crippen molar-refractivity contribution in [3.8, 4) is 0 Å². The van der Waals surface area contributed by atoms with E-state index in [9.17, 15) is 13.2 Å². The third-order valence-electron chi connectivity index (χ3n) is 6.31. The van der Waals surface area contributed by atoms with Crippen molar-refractivity contribution in [2.24, 2.45) is 5.41 Å². The van der Waals surface area contributed by atoms with Crippen LogP contribution in [0.1, 0.15) is 27.2 Å². The third-order valence-corrected chi connectivity index (χ3v) is 8.12. The van der Waals surface area contributed by atoms with Gasteiger partial charge < -0.3 is 9.64 Å². The number of sulfonamides is 1. The molecule has 0 aromatic heterocycles. The van der Waals surface area contributed by atoms with Crippen LogP contribution in [0.3, 0.4) is 0 Å². The molecule has 0 radical (unpaired) electrons. The summed E-state index contributed by atoms with van der Waals surface area (Å²) in [5.41, 5.74) is 0.419. The number of nitrogens with zero attached hydrogens (tertiary/aromatic N) is 2. The Morgan fingerprint density at radius 2 is 1.93 bits per heavy atom. The fourth-order valence-electron chi connectivity index (χ4n) is 4.54. The van der Waals surface area contributed by atoms with Gasteiger partial charge in [0.25, 0.3) is 10.0 Å². The fourth-order valence-corrected chi connectivity index (χ4v) is 6.20. The zero-order valence-corrected chi connectivity index (χ0v) is 17.5. The number of anilines is 1. The molecule has 0 bridgehead atoms. The van der Waals surface area contributed by atoms with E-state index in [1.54, 1.807) is 30.1 Å². The SMILES string of the molecule is CCOC1CC(N(C)C(=O)CN2c3cccc4cccc(c34)S2(=O)=O)C1(C)C. The molecule has 1 saturated carbocycles. The highest BCUT2D eigenvalue weighted by Gasteiger charge is 2.52. The average Bonchev–Trinajstić information content (AvgIpc) is 2.87. The van der Waals surface area contributed by atoms with Gasteiger partial charge in [-0.1, -0.05) is 38.1 Å². The predicted octanol–water partition coefficient (Wildman–Crippen LogP) is 3.01. The fraction of sp³-hybridized carbons (Fsp3) is 0.476. The molecule has 1 aliphatic carbocycles. The number of carbonyl (C=O) groups is 1.